The van der Waals surface area contributed by atoms with E-state index in [2.05, 4.69) is 16.9 Å². The molecule has 0 aliphatic carbocycles. The molecule has 7 nitrogen and oxygen atoms in total. The van der Waals surface area contributed by atoms with E-state index in [1.54, 1.807) is 7.05 Å². The number of aliphatic hydroxyl groups is 1. The zero-order valence-electron chi connectivity index (χ0n) is 13.2. The summed E-state index contributed by atoms with van der Waals surface area (Å²) in [6, 6.07) is 0. The smallest absolute Gasteiger partial charge is 0.329 e. The quantitative estimate of drug-likeness (QED) is 0.420. The fraction of sp³-hybridized carbons (Fsp3) is 0.643. The molecule has 0 saturated carbocycles. The normalized spacial score (nSPS) is 12.9. The van der Waals surface area contributed by atoms with Crippen molar-refractivity contribution in [2.24, 2.45) is 7.05 Å². The van der Waals surface area contributed by atoms with Gasteiger partial charge in [-0.1, -0.05) is 31.5 Å². The average Bonchev–Trinajstić information content (AvgIpc) is 2.90. The van der Waals surface area contributed by atoms with Crippen LogP contribution in [0.15, 0.2) is 14.7 Å². The lowest BCUT2D eigenvalue weighted by atomic mass is 10.2. The Kier molecular flexibility index (Phi) is 6.32. The van der Waals surface area contributed by atoms with E-state index < -0.39 is 17.4 Å². The van der Waals surface area contributed by atoms with E-state index in [1.165, 1.54) is 16.3 Å². The monoisotopic (exact) mass is 360 g/mol. The third-order valence-electron chi connectivity index (χ3n) is 3.54. The van der Waals surface area contributed by atoms with Crippen LogP contribution in [0.25, 0.3) is 11.2 Å². The second-order valence-electron chi connectivity index (χ2n) is 5.36. The van der Waals surface area contributed by atoms with Gasteiger partial charge in [0.15, 0.2) is 16.3 Å². The summed E-state index contributed by atoms with van der Waals surface area (Å²) >= 11 is 6.96. The number of fused-ring (bicyclic) bond motifs is 1. The summed E-state index contributed by atoms with van der Waals surface area (Å²) in [5, 5.41) is 10.3. The number of hydrogen-bond acceptors (Lipinski definition) is 5. The molecule has 0 fully saturated rings. The highest BCUT2D eigenvalue weighted by atomic mass is 35.5. The Balaban J connectivity index is 2.48. The predicted molar refractivity (Wildman–Crippen MR) is 92.6 cm³/mol. The fourth-order valence-corrected chi connectivity index (χ4v) is 3.45. The molecule has 0 amide bonds. The number of unbranched alkanes of at least 4 members (excludes halogenated alkanes) is 2. The van der Waals surface area contributed by atoms with E-state index >= 15 is 0 Å². The van der Waals surface area contributed by atoms with Crippen molar-refractivity contribution in [3.05, 3.63) is 20.8 Å². The molecule has 0 saturated heterocycles. The summed E-state index contributed by atoms with van der Waals surface area (Å²) in [5.74, 6) is 0.522. The molecule has 0 unspecified atom stereocenters. The number of aromatic amines is 1. The number of aryl methyl sites for hydroxylation is 2. The number of aromatic nitrogens is 4. The first-order chi connectivity index (χ1) is 11.0. The number of imidazole rings is 1. The predicted octanol–water partition coefficient (Wildman–Crippen LogP) is 1.31. The summed E-state index contributed by atoms with van der Waals surface area (Å²) in [5.41, 5.74) is -0.168. The van der Waals surface area contributed by atoms with Crippen molar-refractivity contribution < 1.29 is 5.11 Å². The molecule has 0 aliphatic rings. The van der Waals surface area contributed by atoms with Gasteiger partial charge >= 0.3 is 5.69 Å². The maximum Gasteiger partial charge on any atom is 0.329 e. The van der Waals surface area contributed by atoms with E-state index in [4.69, 9.17) is 11.6 Å². The summed E-state index contributed by atoms with van der Waals surface area (Å²) < 4.78 is 3.16. The maximum absolute atomic E-state index is 12.2. The minimum Gasteiger partial charge on any atom is -0.391 e. The molecular formula is C14H21ClN4O3S. The molecular weight excluding hydrogens is 340 g/mol. The number of alkyl halides is 1. The SMILES string of the molecule is CCCCCn1c(SC[C@H](O)CCl)nc2c1c(=O)[nH]c(=O)n2C. The molecule has 0 spiro atoms. The third kappa shape index (κ3) is 3.99. The summed E-state index contributed by atoms with van der Waals surface area (Å²) in [6.07, 6.45) is 2.37. The molecule has 128 valence electrons. The second-order valence-corrected chi connectivity index (χ2v) is 6.66. The van der Waals surface area contributed by atoms with Crippen LogP contribution in [0.2, 0.25) is 0 Å². The van der Waals surface area contributed by atoms with Gasteiger partial charge in [0.1, 0.15) is 0 Å². The highest BCUT2D eigenvalue weighted by Crippen LogP contribution is 2.23. The Bertz CT molecular complexity index is 783. The van der Waals surface area contributed by atoms with Crippen molar-refractivity contribution in [2.45, 2.75) is 44.0 Å². The van der Waals surface area contributed by atoms with Crippen molar-refractivity contribution in [1.82, 2.24) is 19.1 Å². The van der Waals surface area contributed by atoms with Gasteiger partial charge < -0.3 is 9.67 Å². The third-order valence-corrected chi connectivity index (χ3v) is 5.02. The van der Waals surface area contributed by atoms with Gasteiger partial charge in [0, 0.05) is 25.2 Å². The fourth-order valence-electron chi connectivity index (χ4n) is 2.27. The van der Waals surface area contributed by atoms with Gasteiger partial charge in [0.2, 0.25) is 0 Å². The molecule has 2 aromatic heterocycles. The molecule has 2 rings (SSSR count). The Morgan fingerprint density at radius 1 is 1.39 bits per heavy atom. The number of aliphatic hydroxyl groups excluding tert-OH is 1. The van der Waals surface area contributed by atoms with E-state index in [-0.39, 0.29) is 5.88 Å². The van der Waals surface area contributed by atoms with Crippen LogP contribution in [0.1, 0.15) is 26.2 Å². The molecule has 2 aromatic rings. The Morgan fingerprint density at radius 3 is 2.78 bits per heavy atom. The first-order valence-corrected chi connectivity index (χ1v) is 9.08. The van der Waals surface area contributed by atoms with Gasteiger partial charge in [-0.15, -0.1) is 11.6 Å². The average molecular weight is 361 g/mol. The van der Waals surface area contributed by atoms with E-state index in [0.717, 1.165) is 19.3 Å². The van der Waals surface area contributed by atoms with Gasteiger partial charge in [-0.2, -0.15) is 0 Å². The van der Waals surface area contributed by atoms with Crippen molar-refractivity contribution in [3.63, 3.8) is 0 Å². The van der Waals surface area contributed by atoms with Crippen molar-refractivity contribution in [2.75, 3.05) is 11.6 Å². The Hall–Kier alpha value is -1.25. The zero-order chi connectivity index (χ0) is 17.0. The molecule has 23 heavy (non-hydrogen) atoms. The molecule has 0 aliphatic heterocycles. The standard InChI is InChI=1S/C14H21ClN4O3S/c1-3-4-5-6-19-10-11(18(2)13(22)17-12(10)21)16-14(19)23-8-9(20)7-15/h9,20H,3-8H2,1-2H3,(H,17,21,22)/t9-/m1/s1. The Morgan fingerprint density at radius 2 is 2.13 bits per heavy atom. The van der Waals surface area contributed by atoms with Crippen LogP contribution in [-0.4, -0.2) is 41.9 Å². The summed E-state index contributed by atoms with van der Waals surface area (Å²) in [6.45, 7) is 2.75. The first-order valence-electron chi connectivity index (χ1n) is 7.56. The molecule has 1 atom stereocenters. The lowest BCUT2D eigenvalue weighted by molar-refractivity contribution is 0.223. The number of hydrogen-bond donors (Lipinski definition) is 2. The van der Waals surface area contributed by atoms with Crippen molar-refractivity contribution in [3.8, 4) is 0 Å². The van der Waals surface area contributed by atoms with E-state index in [1.807, 2.05) is 4.57 Å². The minimum absolute atomic E-state index is 0.141. The van der Waals surface area contributed by atoms with Gasteiger partial charge in [-0.3, -0.25) is 14.3 Å². The van der Waals surface area contributed by atoms with Crippen LogP contribution in [0.4, 0.5) is 0 Å². The maximum atomic E-state index is 12.2. The van der Waals surface area contributed by atoms with Crippen molar-refractivity contribution >= 4 is 34.5 Å². The van der Waals surface area contributed by atoms with Crippen LogP contribution >= 0.6 is 23.4 Å². The number of thioether (sulfide) groups is 1. The van der Waals surface area contributed by atoms with Crippen LogP contribution < -0.4 is 11.2 Å². The molecule has 0 radical (unpaired) electrons. The molecule has 0 bridgehead atoms. The number of nitrogens with zero attached hydrogens (tertiary/aromatic N) is 3. The number of rotatable bonds is 8. The molecule has 2 N–H and O–H groups in total. The second kappa shape index (κ2) is 8.03. The van der Waals surface area contributed by atoms with Gasteiger partial charge in [-0.05, 0) is 6.42 Å². The minimum atomic E-state index is -0.646. The van der Waals surface area contributed by atoms with Crippen LogP contribution in [0.5, 0.6) is 0 Å². The van der Waals surface area contributed by atoms with Gasteiger partial charge in [0.25, 0.3) is 5.56 Å². The van der Waals surface area contributed by atoms with Gasteiger partial charge in [0.05, 0.1) is 6.10 Å². The summed E-state index contributed by atoms with van der Waals surface area (Å²) in [4.78, 5) is 30.7. The largest absolute Gasteiger partial charge is 0.391 e. The van der Waals surface area contributed by atoms with E-state index in [0.29, 0.717) is 28.6 Å². The van der Waals surface area contributed by atoms with Crippen LogP contribution in [0.3, 0.4) is 0 Å². The summed E-state index contributed by atoms with van der Waals surface area (Å²) in [7, 11) is 1.58. The molecule has 9 heteroatoms. The number of halogens is 1. The molecule has 0 aromatic carbocycles. The first kappa shape index (κ1) is 18.1. The number of nitrogens with one attached hydrogen (secondary N) is 1. The highest BCUT2D eigenvalue weighted by molar-refractivity contribution is 7.99. The van der Waals surface area contributed by atoms with Crippen LogP contribution in [-0.2, 0) is 13.6 Å². The highest BCUT2D eigenvalue weighted by Gasteiger charge is 2.18. The topological polar surface area (TPSA) is 92.9 Å². The lowest BCUT2D eigenvalue weighted by Gasteiger charge is -2.09. The van der Waals surface area contributed by atoms with Crippen LogP contribution in [0, 0.1) is 0 Å². The zero-order valence-corrected chi connectivity index (χ0v) is 14.8. The molecule has 2 heterocycles. The van der Waals surface area contributed by atoms with E-state index in [9.17, 15) is 14.7 Å². The van der Waals surface area contributed by atoms with Gasteiger partial charge in [-0.25, -0.2) is 9.78 Å². The Labute approximate surface area is 142 Å². The van der Waals surface area contributed by atoms with Crippen molar-refractivity contribution in [1.29, 1.82) is 0 Å². The number of H-pyrrole nitrogens is 1. The lowest BCUT2D eigenvalue weighted by Crippen LogP contribution is -2.29.